The van der Waals surface area contributed by atoms with Crippen molar-refractivity contribution in [3.8, 4) is 0 Å². The first-order valence-electron chi connectivity index (χ1n) is 9.47. The summed E-state index contributed by atoms with van der Waals surface area (Å²) in [5.74, 6) is -0.0524. The predicted molar refractivity (Wildman–Crippen MR) is 113 cm³/mol. The number of hydrogen-bond acceptors (Lipinski definition) is 2. The Morgan fingerprint density at radius 2 is 1.74 bits per heavy atom. The molecule has 0 fully saturated rings. The van der Waals surface area contributed by atoms with E-state index in [0.29, 0.717) is 16.4 Å². The number of allylic oxidation sites excluding steroid dienone is 4. The molecule has 2 nitrogen and oxygen atoms in total. The first-order valence-corrected chi connectivity index (χ1v) is 10.3. The van der Waals surface area contributed by atoms with Crippen molar-refractivity contribution in [2.24, 2.45) is 0 Å². The smallest absolute Gasteiger partial charge is 0.194 e. The van der Waals surface area contributed by atoms with Gasteiger partial charge in [0.1, 0.15) is 0 Å². The van der Waals surface area contributed by atoms with Crippen molar-refractivity contribution in [2.45, 2.75) is 47.0 Å². The van der Waals surface area contributed by atoms with Crippen molar-refractivity contribution >= 4 is 25.1 Å². The van der Waals surface area contributed by atoms with Crippen LogP contribution in [0.1, 0.15) is 63.5 Å². The molecule has 0 amide bonds. The largest absolute Gasteiger partial charge is 0.289 e. The van der Waals surface area contributed by atoms with E-state index in [1.165, 1.54) is 5.56 Å². The molecule has 2 aromatic carbocycles. The van der Waals surface area contributed by atoms with Gasteiger partial charge in [0.25, 0.3) is 0 Å². The Hall–Kier alpha value is -2.31. The molecule has 0 bridgehead atoms. The Balaban J connectivity index is 2.15. The Morgan fingerprint density at radius 1 is 1.00 bits per heavy atom. The number of rotatable bonds is 5. The van der Waals surface area contributed by atoms with Gasteiger partial charge in [-0.2, -0.15) is 0 Å². The van der Waals surface area contributed by atoms with E-state index in [9.17, 15) is 9.36 Å². The molecule has 0 saturated carbocycles. The Bertz CT molecular complexity index is 980. The molecule has 0 radical (unpaired) electrons. The van der Waals surface area contributed by atoms with Crippen molar-refractivity contribution in [3.05, 3.63) is 81.4 Å². The van der Waals surface area contributed by atoms with E-state index < -0.39 is 0 Å². The van der Waals surface area contributed by atoms with Gasteiger partial charge in [-0.15, -0.1) is 0 Å². The molecule has 138 valence electrons. The normalized spacial score (nSPS) is 13.7. The molecule has 0 aliphatic heterocycles. The van der Waals surface area contributed by atoms with Gasteiger partial charge in [-0.3, -0.25) is 9.36 Å². The molecular formula is C24H25O2P. The second-order valence-electron chi connectivity index (χ2n) is 7.08. The summed E-state index contributed by atoms with van der Waals surface area (Å²) < 4.78 is 12.1. The fraction of sp³-hybridized carbons (Fsp3) is 0.292. The molecule has 0 heterocycles. The molecule has 3 heteroatoms. The highest BCUT2D eigenvalue weighted by atomic mass is 31.1. The third kappa shape index (κ3) is 3.59. The lowest BCUT2D eigenvalue weighted by molar-refractivity contribution is 0.103. The van der Waals surface area contributed by atoms with E-state index in [1.54, 1.807) is 0 Å². The zero-order valence-corrected chi connectivity index (χ0v) is 17.3. The maximum Gasteiger partial charge on any atom is 0.194 e. The van der Waals surface area contributed by atoms with E-state index in [2.05, 4.69) is 25.2 Å². The topological polar surface area (TPSA) is 34.1 Å². The molecule has 0 saturated heterocycles. The first kappa shape index (κ1) is 19.5. The van der Waals surface area contributed by atoms with Gasteiger partial charge in [0.2, 0.25) is 0 Å². The van der Waals surface area contributed by atoms with Crippen LogP contribution in [-0.2, 0) is 11.0 Å². The first-order chi connectivity index (χ1) is 13.0. The van der Waals surface area contributed by atoms with Gasteiger partial charge in [-0.05, 0) is 79.5 Å². The van der Waals surface area contributed by atoms with Gasteiger partial charge in [0, 0.05) is 11.1 Å². The van der Waals surface area contributed by atoms with E-state index >= 15 is 0 Å². The minimum Gasteiger partial charge on any atom is -0.289 e. The Morgan fingerprint density at radius 3 is 2.37 bits per heavy atom. The molecule has 2 aromatic rings. The zero-order valence-electron chi connectivity index (χ0n) is 16.4. The highest BCUT2D eigenvalue weighted by Crippen LogP contribution is 2.28. The quantitative estimate of drug-likeness (QED) is 0.470. The number of carbonyl (C=O) groups excluding carboxylic acids is 1. The van der Waals surface area contributed by atoms with Crippen LogP contribution in [0.3, 0.4) is 0 Å². The lowest BCUT2D eigenvalue weighted by Gasteiger charge is -2.17. The average Bonchev–Trinajstić information content (AvgIpc) is 2.71. The zero-order chi connectivity index (χ0) is 19.6. The fourth-order valence-corrected chi connectivity index (χ4v) is 4.38. The van der Waals surface area contributed by atoms with Crippen LogP contribution in [0.5, 0.6) is 0 Å². The van der Waals surface area contributed by atoms with Gasteiger partial charge in [-0.25, -0.2) is 0 Å². The SMILES string of the molecule is CCc1c(C2=CCCC=C2)ccc(C(=O)c2ccc(C)c(C)c2C)c1P=O. The number of hydrogen-bond donors (Lipinski definition) is 0. The predicted octanol–water partition coefficient (Wildman–Crippen LogP) is 6.06. The number of aryl methyl sites for hydroxylation is 1. The van der Waals surface area contributed by atoms with E-state index in [1.807, 2.05) is 45.0 Å². The van der Waals surface area contributed by atoms with E-state index in [-0.39, 0.29) is 14.2 Å². The molecule has 3 rings (SSSR count). The standard InChI is InChI=1S/C24H25O2P/c1-5-19-21(18-9-7-6-8-10-18)13-14-22(24(19)27-26)23(25)20-12-11-15(2)16(3)17(20)4/h7,9-14H,5-6,8H2,1-4H3. The maximum absolute atomic E-state index is 13.3. The van der Waals surface area contributed by atoms with Crippen LogP contribution < -0.4 is 5.30 Å². The summed E-state index contributed by atoms with van der Waals surface area (Å²) in [6.45, 7) is 8.12. The van der Waals surface area contributed by atoms with E-state index in [4.69, 9.17) is 0 Å². The van der Waals surface area contributed by atoms with Gasteiger partial charge in [0.05, 0.1) is 5.30 Å². The molecular weight excluding hydrogens is 351 g/mol. The van der Waals surface area contributed by atoms with Crippen LogP contribution in [0.4, 0.5) is 0 Å². The minimum absolute atomic E-state index is 0.0524. The Kier molecular flexibility index (Phi) is 5.87. The van der Waals surface area contributed by atoms with E-state index in [0.717, 1.165) is 47.1 Å². The maximum atomic E-state index is 13.3. The van der Waals surface area contributed by atoms with Crippen LogP contribution in [0.25, 0.3) is 5.57 Å². The second kappa shape index (κ2) is 8.15. The van der Waals surface area contributed by atoms with Gasteiger partial charge in [-0.1, -0.05) is 43.4 Å². The molecule has 1 aliphatic carbocycles. The third-order valence-electron chi connectivity index (χ3n) is 5.58. The summed E-state index contributed by atoms with van der Waals surface area (Å²) in [5, 5.41) is 0.623. The monoisotopic (exact) mass is 376 g/mol. The van der Waals surface area contributed by atoms with Crippen LogP contribution in [0, 0.1) is 20.8 Å². The highest BCUT2D eigenvalue weighted by Gasteiger charge is 2.22. The summed E-state index contributed by atoms with van der Waals surface area (Å²) in [7, 11) is -0.104. The van der Waals surface area contributed by atoms with Crippen molar-refractivity contribution < 1.29 is 9.36 Å². The lowest BCUT2D eigenvalue weighted by Crippen LogP contribution is -2.18. The van der Waals surface area contributed by atoms with Gasteiger partial charge >= 0.3 is 0 Å². The van der Waals surface area contributed by atoms with Crippen molar-refractivity contribution in [1.29, 1.82) is 0 Å². The van der Waals surface area contributed by atoms with Crippen molar-refractivity contribution in [1.82, 2.24) is 0 Å². The average molecular weight is 376 g/mol. The van der Waals surface area contributed by atoms with Crippen molar-refractivity contribution in [3.63, 3.8) is 0 Å². The highest BCUT2D eigenvalue weighted by molar-refractivity contribution is 7.34. The molecule has 27 heavy (non-hydrogen) atoms. The number of carbonyl (C=O) groups is 1. The number of ketones is 1. The summed E-state index contributed by atoms with van der Waals surface area (Å²) in [5.41, 5.74) is 7.77. The van der Waals surface area contributed by atoms with Crippen LogP contribution in [-0.4, -0.2) is 5.78 Å². The second-order valence-corrected chi connectivity index (χ2v) is 7.71. The Labute approximate surface area is 163 Å². The molecule has 0 atom stereocenters. The third-order valence-corrected chi connectivity index (χ3v) is 6.27. The summed E-state index contributed by atoms with van der Waals surface area (Å²) >= 11 is 0. The molecule has 1 aliphatic rings. The van der Waals surface area contributed by atoms with Crippen LogP contribution >= 0.6 is 8.46 Å². The van der Waals surface area contributed by atoms with Crippen LogP contribution in [0.15, 0.2) is 42.5 Å². The lowest BCUT2D eigenvalue weighted by atomic mass is 9.89. The minimum atomic E-state index is -0.104. The summed E-state index contributed by atoms with van der Waals surface area (Å²) in [4.78, 5) is 13.3. The van der Waals surface area contributed by atoms with Crippen molar-refractivity contribution in [2.75, 3.05) is 0 Å². The fourth-order valence-electron chi connectivity index (χ4n) is 3.71. The molecule has 0 spiro atoms. The number of benzene rings is 2. The molecule has 0 N–H and O–H groups in total. The van der Waals surface area contributed by atoms with Gasteiger partial charge in [0.15, 0.2) is 14.2 Å². The van der Waals surface area contributed by atoms with Gasteiger partial charge < -0.3 is 0 Å². The summed E-state index contributed by atoms with van der Waals surface area (Å²) in [6, 6.07) is 7.72. The molecule has 0 unspecified atom stereocenters. The summed E-state index contributed by atoms with van der Waals surface area (Å²) in [6.07, 6.45) is 9.31. The van der Waals surface area contributed by atoms with Crippen LogP contribution in [0.2, 0.25) is 0 Å². The molecule has 0 aromatic heterocycles.